The molecule has 1 amide bonds. The lowest BCUT2D eigenvalue weighted by Crippen LogP contribution is -3.00. The van der Waals surface area contributed by atoms with Crippen LogP contribution in [0.3, 0.4) is 0 Å². The molecule has 0 aromatic rings. The minimum atomic E-state index is -0.168. The molecule has 0 bridgehead atoms. The summed E-state index contributed by atoms with van der Waals surface area (Å²) < 4.78 is 1.03. The summed E-state index contributed by atoms with van der Waals surface area (Å²) in [6, 6.07) is 0. The molecule has 7 heteroatoms. The van der Waals surface area contributed by atoms with Gasteiger partial charge >= 0.3 is 0 Å². The topological polar surface area (TPSA) is 49.3 Å². The molecule has 0 saturated carbocycles. The highest BCUT2D eigenvalue weighted by atomic mass is 35.5. The predicted molar refractivity (Wildman–Crippen MR) is 79.8 cm³/mol. The summed E-state index contributed by atoms with van der Waals surface area (Å²) in [5.74, 6) is -0.168. The average Bonchev–Trinajstić information content (AvgIpc) is 2.22. The van der Waals surface area contributed by atoms with Crippen molar-refractivity contribution in [2.75, 3.05) is 54.9 Å². The van der Waals surface area contributed by atoms with Gasteiger partial charge in [0.1, 0.15) is 6.54 Å². The van der Waals surface area contributed by atoms with Gasteiger partial charge in [-0.25, -0.2) is 5.21 Å². The van der Waals surface area contributed by atoms with E-state index in [2.05, 4.69) is 40.0 Å². The van der Waals surface area contributed by atoms with Crippen molar-refractivity contribution in [1.29, 1.82) is 0 Å². The molecule has 0 aliphatic heterocycles. The van der Waals surface area contributed by atoms with E-state index in [4.69, 9.17) is 0 Å². The van der Waals surface area contributed by atoms with E-state index in [-0.39, 0.29) is 35.4 Å². The fraction of sp³-hybridized carbons (Fsp3) is 0.786. The van der Waals surface area contributed by atoms with E-state index in [1.165, 1.54) is 19.0 Å². The van der Waals surface area contributed by atoms with E-state index >= 15 is 0 Å². The molecular formula is C14H33Cl2N3O2. The zero-order valence-corrected chi connectivity index (χ0v) is 15.8. The normalized spacial score (nSPS) is 10.2. The van der Waals surface area contributed by atoms with E-state index in [0.29, 0.717) is 13.1 Å². The molecule has 0 radical (unpaired) electrons. The first-order valence-electron chi connectivity index (χ1n) is 6.78. The van der Waals surface area contributed by atoms with Gasteiger partial charge in [-0.1, -0.05) is 13.5 Å². The third-order valence-electron chi connectivity index (χ3n) is 2.26. The van der Waals surface area contributed by atoms with Crippen LogP contribution in [0.4, 0.5) is 0 Å². The Morgan fingerprint density at radius 2 is 1.62 bits per heavy atom. The van der Waals surface area contributed by atoms with Gasteiger partial charge in [-0.05, 0) is 12.5 Å². The molecule has 5 nitrogen and oxygen atoms in total. The molecule has 0 spiro atoms. The van der Waals surface area contributed by atoms with Crippen molar-refractivity contribution < 1.29 is 43.9 Å². The van der Waals surface area contributed by atoms with Crippen molar-refractivity contribution in [2.24, 2.45) is 0 Å². The zero-order valence-electron chi connectivity index (χ0n) is 14.3. The summed E-state index contributed by atoms with van der Waals surface area (Å²) in [5, 5.41) is 11.9. The summed E-state index contributed by atoms with van der Waals surface area (Å²) in [5.41, 5.74) is 0. The van der Waals surface area contributed by atoms with E-state index < -0.39 is 0 Å². The standard InChI is InChI=1S/C8H16N2O2.C6H16N.2ClH/c1-4-8(11)9-6-5-7-10(2,3)12;1-5-6-7(2,3)4;;/h4,12H,1,5-7H2,2-3H3;5-6H2,1-4H3;2*1H/q;+1;;/p-1. The number of hydrogen-bond donors (Lipinski definition) is 2. The lowest BCUT2D eigenvalue weighted by Gasteiger charge is -2.22. The summed E-state index contributed by atoms with van der Waals surface area (Å²) in [6.07, 6.45) is 3.27. The van der Waals surface area contributed by atoms with Crippen molar-refractivity contribution >= 4 is 5.91 Å². The number of nitrogens with one attached hydrogen (secondary N) is 1. The predicted octanol–water partition coefficient (Wildman–Crippen LogP) is -4.75. The van der Waals surface area contributed by atoms with Gasteiger partial charge in [-0.15, -0.1) is 0 Å². The molecule has 0 aliphatic rings. The number of carbonyl (C=O) groups is 1. The van der Waals surface area contributed by atoms with Crippen molar-refractivity contribution in [1.82, 2.24) is 5.32 Å². The van der Waals surface area contributed by atoms with Crippen LogP contribution in [0.25, 0.3) is 0 Å². The lowest BCUT2D eigenvalue weighted by molar-refractivity contribution is -1.07. The Hall–Kier alpha value is -0.330. The van der Waals surface area contributed by atoms with Crippen molar-refractivity contribution in [3.63, 3.8) is 0 Å². The molecule has 0 rings (SSSR count). The van der Waals surface area contributed by atoms with Crippen LogP contribution in [0.1, 0.15) is 19.8 Å². The molecule has 21 heavy (non-hydrogen) atoms. The summed E-state index contributed by atoms with van der Waals surface area (Å²) in [6.45, 7) is 8.01. The van der Waals surface area contributed by atoms with Gasteiger partial charge in [0.2, 0.25) is 5.91 Å². The number of rotatable bonds is 7. The summed E-state index contributed by atoms with van der Waals surface area (Å²) >= 11 is 0. The molecule has 130 valence electrons. The Kier molecular flexibility index (Phi) is 20.0. The molecule has 0 atom stereocenters. The minimum absolute atomic E-state index is 0. The zero-order chi connectivity index (χ0) is 15.5. The van der Waals surface area contributed by atoms with E-state index in [0.717, 1.165) is 10.9 Å². The quantitative estimate of drug-likeness (QED) is 0.211. The molecule has 2 N–H and O–H groups in total. The Morgan fingerprint density at radius 1 is 1.14 bits per heavy atom. The number of carbonyl (C=O) groups excluding carboxylic acids is 1. The number of nitrogens with zero attached hydrogens (tertiary/aromatic N) is 2. The molecule has 0 saturated heterocycles. The Bertz CT molecular complexity index is 262. The monoisotopic (exact) mass is 345 g/mol. The molecule has 0 fully saturated rings. The van der Waals surface area contributed by atoms with Crippen LogP contribution in [0, 0.1) is 0 Å². The Balaban J connectivity index is -0.000000140. The first-order chi connectivity index (χ1) is 8.52. The van der Waals surface area contributed by atoms with E-state index in [1.807, 2.05) is 0 Å². The maximum atomic E-state index is 10.6. The highest BCUT2D eigenvalue weighted by molar-refractivity contribution is 5.86. The van der Waals surface area contributed by atoms with Crippen LogP contribution in [0.15, 0.2) is 12.7 Å². The first-order valence-corrected chi connectivity index (χ1v) is 6.78. The van der Waals surface area contributed by atoms with Crippen molar-refractivity contribution in [2.45, 2.75) is 19.8 Å². The van der Waals surface area contributed by atoms with Crippen LogP contribution in [-0.4, -0.2) is 75.1 Å². The van der Waals surface area contributed by atoms with Crippen LogP contribution in [0.5, 0.6) is 0 Å². The van der Waals surface area contributed by atoms with Crippen LogP contribution in [-0.2, 0) is 4.79 Å². The second-order valence-electron chi connectivity index (χ2n) is 6.21. The largest absolute Gasteiger partial charge is 1.00 e. The molecular weight excluding hydrogens is 313 g/mol. The third-order valence-corrected chi connectivity index (χ3v) is 2.26. The SMILES string of the molecule is C=CC(=O)NCCC[N+](C)(C)O.CCC[N+](C)(C)C.[Cl-].[Cl-]. The van der Waals surface area contributed by atoms with Crippen LogP contribution < -0.4 is 30.1 Å². The average molecular weight is 346 g/mol. The number of quaternary nitrogens is 2. The van der Waals surface area contributed by atoms with Gasteiger partial charge in [0.05, 0.1) is 41.8 Å². The van der Waals surface area contributed by atoms with Crippen LogP contribution in [0.2, 0.25) is 0 Å². The second-order valence-corrected chi connectivity index (χ2v) is 6.21. The first kappa shape index (κ1) is 28.8. The molecule has 0 unspecified atom stereocenters. The summed E-state index contributed by atoms with van der Waals surface area (Å²) in [7, 11) is 10.0. The van der Waals surface area contributed by atoms with Gasteiger partial charge < -0.3 is 34.6 Å². The highest BCUT2D eigenvalue weighted by Gasteiger charge is 2.08. The van der Waals surface area contributed by atoms with Gasteiger partial charge in [-0.2, -0.15) is 4.65 Å². The van der Waals surface area contributed by atoms with Gasteiger partial charge in [0.15, 0.2) is 0 Å². The molecule has 0 aliphatic carbocycles. The number of hydroxylamine groups is 3. The lowest BCUT2D eigenvalue weighted by atomic mass is 10.4. The Morgan fingerprint density at radius 3 is 1.86 bits per heavy atom. The smallest absolute Gasteiger partial charge is 0.243 e. The minimum Gasteiger partial charge on any atom is -1.00 e. The van der Waals surface area contributed by atoms with Crippen molar-refractivity contribution in [3.05, 3.63) is 12.7 Å². The summed E-state index contributed by atoms with van der Waals surface area (Å²) in [4.78, 5) is 10.6. The molecule has 0 aromatic carbocycles. The van der Waals surface area contributed by atoms with Gasteiger partial charge in [0, 0.05) is 13.0 Å². The van der Waals surface area contributed by atoms with Crippen molar-refractivity contribution in [3.8, 4) is 0 Å². The van der Waals surface area contributed by atoms with Crippen LogP contribution >= 0.6 is 0 Å². The fourth-order valence-electron chi connectivity index (χ4n) is 1.42. The van der Waals surface area contributed by atoms with E-state index in [1.54, 1.807) is 14.1 Å². The maximum Gasteiger partial charge on any atom is 0.243 e. The highest BCUT2D eigenvalue weighted by Crippen LogP contribution is 1.91. The van der Waals surface area contributed by atoms with E-state index in [9.17, 15) is 10.0 Å². The number of hydrogen-bond acceptors (Lipinski definition) is 2. The molecule has 0 aromatic heterocycles. The Labute approximate surface area is 143 Å². The fourth-order valence-corrected chi connectivity index (χ4v) is 1.42. The van der Waals surface area contributed by atoms with Gasteiger partial charge in [0.25, 0.3) is 0 Å². The second kappa shape index (κ2) is 14.6. The number of amides is 1. The third kappa shape index (κ3) is 32.9. The number of halogens is 2. The van der Waals surface area contributed by atoms with Gasteiger partial charge in [-0.3, -0.25) is 4.79 Å². The molecule has 0 heterocycles. The maximum absolute atomic E-state index is 10.6.